The molecule has 1 N–H and O–H groups in total. The van der Waals surface area contributed by atoms with Gasteiger partial charge in [0.1, 0.15) is 5.76 Å². The number of hydrogen-bond donors (Lipinski definition) is 1. The molecule has 0 fully saturated rings. The third kappa shape index (κ3) is 3.12. The number of benzene rings is 1. The largest absolute Gasteiger partial charge is 0.469 e. The molecule has 0 saturated heterocycles. The second kappa shape index (κ2) is 6.62. The van der Waals surface area contributed by atoms with Crippen LogP contribution in [0.1, 0.15) is 32.5 Å². The molecule has 0 aliphatic rings. The number of carbonyl (C=O) groups is 1. The smallest absolute Gasteiger partial charge is 0.251 e. The molecule has 0 aliphatic carbocycles. The van der Waals surface area contributed by atoms with Crippen molar-refractivity contribution in [3.05, 3.63) is 81.9 Å². The summed E-state index contributed by atoms with van der Waals surface area (Å²) >= 11 is 1.67. The van der Waals surface area contributed by atoms with Crippen LogP contribution in [-0.4, -0.2) is 12.5 Å². The number of hydrogen-bond acceptors (Lipinski definition) is 3. The summed E-state index contributed by atoms with van der Waals surface area (Å²) in [7, 11) is 0. The molecular formula is C18H17NO2S. The summed E-state index contributed by atoms with van der Waals surface area (Å²) in [5.41, 5.74) is 1.69. The van der Waals surface area contributed by atoms with E-state index in [4.69, 9.17) is 4.42 Å². The molecular weight excluding hydrogens is 294 g/mol. The topological polar surface area (TPSA) is 42.2 Å². The Kier molecular flexibility index (Phi) is 4.39. The van der Waals surface area contributed by atoms with Gasteiger partial charge in [-0.1, -0.05) is 24.3 Å². The summed E-state index contributed by atoms with van der Waals surface area (Å²) in [6, 6.07) is 15.5. The lowest BCUT2D eigenvalue weighted by atomic mass is 10.0. The summed E-state index contributed by atoms with van der Waals surface area (Å²) in [5.74, 6) is 0.863. The lowest BCUT2D eigenvalue weighted by Crippen LogP contribution is -2.29. The summed E-state index contributed by atoms with van der Waals surface area (Å²) in [6.07, 6.45) is 1.67. The number of carbonyl (C=O) groups excluding carboxylic acids is 1. The number of thiophene rings is 1. The Hall–Kier alpha value is -2.33. The van der Waals surface area contributed by atoms with E-state index in [2.05, 4.69) is 11.4 Å². The molecule has 2 heterocycles. The molecule has 2 aromatic heterocycles. The fraction of sp³-hybridized carbons (Fsp3) is 0.167. The number of rotatable bonds is 5. The molecule has 0 saturated carbocycles. The first kappa shape index (κ1) is 14.6. The van der Waals surface area contributed by atoms with E-state index in [-0.39, 0.29) is 11.8 Å². The maximum atomic E-state index is 12.4. The van der Waals surface area contributed by atoms with Gasteiger partial charge >= 0.3 is 0 Å². The second-order valence-electron chi connectivity index (χ2n) is 5.11. The lowest BCUT2D eigenvalue weighted by molar-refractivity contribution is 0.0951. The highest BCUT2D eigenvalue weighted by atomic mass is 32.1. The first-order valence-electron chi connectivity index (χ1n) is 7.16. The van der Waals surface area contributed by atoms with Gasteiger partial charge in [0, 0.05) is 17.0 Å². The predicted molar refractivity (Wildman–Crippen MR) is 88.4 cm³/mol. The first-order valence-corrected chi connectivity index (χ1v) is 8.04. The van der Waals surface area contributed by atoms with E-state index in [1.54, 1.807) is 17.6 Å². The van der Waals surface area contributed by atoms with Crippen molar-refractivity contribution in [3.8, 4) is 0 Å². The zero-order valence-corrected chi connectivity index (χ0v) is 13.1. The molecule has 1 aromatic carbocycles. The number of aryl methyl sites for hydroxylation is 1. The van der Waals surface area contributed by atoms with Crippen LogP contribution in [0.4, 0.5) is 0 Å². The predicted octanol–water partition coefficient (Wildman–Crippen LogP) is 4.21. The van der Waals surface area contributed by atoms with Gasteiger partial charge < -0.3 is 9.73 Å². The van der Waals surface area contributed by atoms with Crippen molar-refractivity contribution in [1.29, 1.82) is 0 Å². The molecule has 1 amide bonds. The van der Waals surface area contributed by atoms with Crippen LogP contribution in [0, 0.1) is 6.92 Å². The quantitative estimate of drug-likeness (QED) is 0.767. The number of furan rings is 1. The molecule has 0 radical (unpaired) electrons. The van der Waals surface area contributed by atoms with Crippen molar-refractivity contribution in [2.45, 2.75) is 12.8 Å². The summed E-state index contributed by atoms with van der Waals surface area (Å²) < 4.78 is 5.54. The van der Waals surface area contributed by atoms with Crippen LogP contribution in [0.15, 0.2) is 64.6 Å². The SMILES string of the molecule is Cc1ccccc1C(=O)NCC(c1ccco1)c1cccs1. The molecule has 0 bridgehead atoms. The van der Waals surface area contributed by atoms with Gasteiger partial charge in [-0.25, -0.2) is 0 Å². The Morgan fingerprint density at radius 2 is 2.05 bits per heavy atom. The summed E-state index contributed by atoms with van der Waals surface area (Å²) in [5, 5.41) is 5.06. The molecule has 112 valence electrons. The van der Waals surface area contributed by atoms with Crippen LogP contribution >= 0.6 is 11.3 Å². The van der Waals surface area contributed by atoms with Crippen LogP contribution in [0.25, 0.3) is 0 Å². The van der Waals surface area contributed by atoms with Gasteiger partial charge in [0.25, 0.3) is 5.91 Å². The molecule has 0 spiro atoms. The van der Waals surface area contributed by atoms with Crippen LogP contribution in [-0.2, 0) is 0 Å². The molecule has 3 nitrogen and oxygen atoms in total. The normalized spacial score (nSPS) is 12.0. The fourth-order valence-corrected chi connectivity index (χ4v) is 3.27. The highest BCUT2D eigenvalue weighted by molar-refractivity contribution is 7.10. The average Bonchev–Trinajstić information content (AvgIpc) is 3.21. The van der Waals surface area contributed by atoms with Gasteiger partial charge in [-0.15, -0.1) is 11.3 Å². The standard InChI is InChI=1S/C18H17NO2S/c1-13-6-2-3-7-14(13)18(20)19-12-15(16-8-4-10-21-16)17-9-5-11-22-17/h2-11,15H,12H2,1H3,(H,19,20). The molecule has 4 heteroatoms. The number of amides is 1. The van der Waals surface area contributed by atoms with Crippen molar-refractivity contribution in [1.82, 2.24) is 5.32 Å². The second-order valence-corrected chi connectivity index (χ2v) is 6.09. The monoisotopic (exact) mass is 311 g/mol. The van der Waals surface area contributed by atoms with E-state index < -0.39 is 0 Å². The Labute approximate surface area is 133 Å². The Morgan fingerprint density at radius 3 is 2.73 bits per heavy atom. The summed E-state index contributed by atoms with van der Waals surface area (Å²) in [6.45, 7) is 2.46. The van der Waals surface area contributed by atoms with Crippen LogP contribution < -0.4 is 5.32 Å². The van der Waals surface area contributed by atoms with Gasteiger partial charge in [-0.3, -0.25) is 4.79 Å². The third-order valence-corrected chi connectivity index (χ3v) is 4.62. The van der Waals surface area contributed by atoms with E-state index in [1.807, 2.05) is 54.8 Å². The van der Waals surface area contributed by atoms with E-state index in [9.17, 15) is 4.79 Å². The minimum absolute atomic E-state index is 0.0444. The van der Waals surface area contributed by atoms with Gasteiger partial charge in [0.2, 0.25) is 0 Å². The maximum Gasteiger partial charge on any atom is 0.251 e. The van der Waals surface area contributed by atoms with E-state index in [1.165, 1.54) is 4.88 Å². The van der Waals surface area contributed by atoms with Crippen molar-refractivity contribution >= 4 is 17.2 Å². The Morgan fingerprint density at radius 1 is 1.18 bits per heavy atom. The lowest BCUT2D eigenvalue weighted by Gasteiger charge is -2.15. The number of nitrogens with one attached hydrogen (secondary N) is 1. The zero-order chi connectivity index (χ0) is 15.4. The van der Waals surface area contributed by atoms with Crippen molar-refractivity contribution in [3.63, 3.8) is 0 Å². The van der Waals surface area contributed by atoms with Crippen LogP contribution in [0.5, 0.6) is 0 Å². The molecule has 0 aliphatic heterocycles. The Bertz CT molecular complexity index is 698. The first-order chi connectivity index (χ1) is 10.8. The van der Waals surface area contributed by atoms with Crippen molar-refractivity contribution in [2.75, 3.05) is 6.54 Å². The highest BCUT2D eigenvalue weighted by Crippen LogP contribution is 2.28. The van der Waals surface area contributed by atoms with Crippen molar-refractivity contribution < 1.29 is 9.21 Å². The van der Waals surface area contributed by atoms with Gasteiger partial charge in [-0.05, 0) is 42.1 Å². The highest BCUT2D eigenvalue weighted by Gasteiger charge is 2.19. The van der Waals surface area contributed by atoms with Crippen molar-refractivity contribution in [2.24, 2.45) is 0 Å². The van der Waals surface area contributed by atoms with E-state index in [0.29, 0.717) is 12.1 Å². The zero-order valence-electron chi connectivity index (χ0n) is 12.3. The Balaban J connectivity index is 1.75. The molecule has 3 aromatic rings. The average molecular weight is 311 g/mol. The van der Waals surface area contributed by atoms with Gasteiger partial charge in [-0.2, -0.15) is 0 Å². The summed E-state index contributed by atoms with van der Waals surface area (Å²) in [4.78, 5) is 13.6. The fourth-order valence-electron chi connectivity index (χ4n) is 2.44. The van der Waals surface area contributed by atoms with Gasteiger partial charge in [0.15, 0.2) is 0 Å². The third-order valence-electron chi connectivity index (χ3n) is 3.63. The molecule has 22 heavy (non-hydrogen) atoms. The minimum Gasteiger partial charge on any atom is -0.469 e. The molecule has 1 atom stereocenters. The van der Waals surface area contributed by atoms with Crippen LogP contribution in [0.2, 0.25) is 0 Å². The van der Waals surface area contributed by atoms with E-state index in [0.717, 1.165) is 11.3 Å². The van der Waals surface area contributed by atoms with Crippen LogP contribution in [0.3, 0.4) is 0 Å². The molecule has 3 rings (SSSR count). The molecule has 1 unspecified atom stereocenters. The minimum atomic E-state index is -0.0498. The van der Waals surface area contributed by atoms with E-state index >= 15 is 0 Å². The van der Waals surface area contributed by atoms with Gasteiger partial charge in [0.05, 0.1) is 12.2 Å². The maximum absolute atomic E-state index is 12.4.